The third-order valence-electron chi connectivity index (χ3n) is 3.31. The van der Waals surface area contributed by atoms with Gasteiger partial charge in [0.2, 0.25) is 0 Å². The molecule has 0 amide bonds. The van der Waals surface area contributed by atoms with E-state index in [9.17, 15) is 0 Å². The standard InChI is InChI=1S/C13H21N3OS/c1-7(2)11-6-18-13(15-11)14-8(3)12-9(4)16-17-10(12)5/h7-8,11H,6H2,1-5H3,(H,14,15). The van der Waals surface area contributed by atoms with Crippen molar-refractivity contribution >= 4 is 16.9 Å². The molecule has 0 aromatic carbocycles. The maximum atomic E-state index is 5.20. The van der Waals surface area contributed by atoms with Crippen molar-refractivity contribution in [2.45, 2.75) is 46.7 Å². The van der Waals surface area contributed by atoms with Gasteiger partial charge in [0.25, 0.3) is 0 Å². The fraction of sp³-hybridized carbons (Fsp3) is 0.692. The molecule has 4 nitrogen and oxygen atoms in total. The van der Waals surface area contributed by atoms with Crippen molar-refractivity contribution in [3.05, 3.63) is 17.0 Å². The Kier molecular flexibility index (Phi) is 4.00. The summed E-state index contributed by atoms with van der Waals surface area (Å²) in [5.74, 6) is 2.57. The van der Waals surface area contributed by atoms with E-state index >= 15 is 0 Å². The molecule has 0 spiro atoms. The summed E-state index contributed by atoms with van der Waals surface area (Å²) in [6.45, 7) is 10.5. The van der Waals surface area contributed by atoms with Crippen LogP contribution in [0.5, 0.6) is 0 Å². The molecule has 1 N–H and O–H groups in total. The predicted octanol–water partition coefficient (Wildman–Crippen LogP) is 3.07. The molecule has 5 heteroatoms. The number of nitrogens with zero attached hydrogens (tertiary/aromatic N) is 2. The molecule has 1 aromatic rings. The van der Waals surface area contributed by atoms with Crippen LogP contribution in [0.1, 0.15) is 43.8 Å². The number of hydrogen-bond donors (Lipinski definition) is 1. The summed E-state index contributed by atoms with van der Waals surface area (Å²) in [4.78, 5) is 4.71. The molecule has 1 aliphatic heterocycles. The van der Waals surface area contributed by atoms with E-state index in [2.05, 4.69) is 31.2 Å². The van der Waals surface area contributed by atoms with Crippen molar-refractivity contribution < 1.29 is 4.52 Å². The van der Waals surface area contributed by atoms with Gasteiger partial charge in [-0.15, -0.1) is 0 Å². The zero-order valence-electron chi connectivity index (χ0n) is 11.7. The monoisotopic (exact) mass is 267 g/mol. The Morgan fingerprint density at radius 2 is 2.06 bits per heavy atom. The summed E-state index contributed by atoms with van der Waals surface area (Å²) in [6.07, 6.45) is 0. The highest BCUT2D eigenvalue weighted by Gasteiger charge is 2.24. The Balaban J connectivity index is 2.05. The van der Waals surface area contributed by atoms with Crippen LogP contribution in [-0.4, -0.2) is 22.1 Å². The van der Waals surface area contributed by atoms with E-state index in [1.165, 1.54) is 0 Å². The number of aromatic nitrogens is 1. The van der Waals surface area contributed by atoms with Crippen molar-refractivity contribution in [1.29, 1.82) is 0 Å². The molecule has 2 unspecified atom stereocenters. The molecule has 1 aromatic heterocycles. The molecule has 18 heavy (non-hydrogen) atoms. The van der Waals surface area contributed by atoms with Gasteiger partial charge in [0, 0.05) is 11.3 Å². The molecule has 1 aliphatic rings. The van der Waals surface area contributed by atoms with E-state index in [1.54, 1.807) is 11.8 Å². The van der Waals surface area contributed by atoms with Crippen molar-refractivity contribution in [2.24, 2.45) is 10.9 Å². The molecule has 0 saturated carbocycles. The average molecular weight is 267 g/mol. The number of aryl methyl sites for hydroxylation is 2. The molecule has 2 atom stereocenters. The Hall–Kier alpha value is -0.970. The van der Waals surface area contributed by atoms with E-state index in [0.29, 0.717) is 12.0 Å². The van der Waals surface area contributed by atoms with Gasteiger partial charge in [-0.1, -0.05) is 30.8 Å². The quantitative estimate of drug-likeness (QED) is 0.914. The van der Waals surface area contributed by atoms with Gasteiger partial charge in [-0.3, -0.25) is 4.99 Å². The zero-order valence-corrected chi connectivity index (χ0v) is 12.5. The molecular formula is C13H21N3OS. The first kappa shape index (κ1) is 13.5. The van der Waals surface area contributed by atoms with Crippen LogP contribution in [-0.2, 0) is 0 Å². The van der Waals surface area contributed by atoms with Crippen LogP contribution in [0.15, 0.2) is 9.52 Å². The Morgan fingerprint density at radius 3 is 2.56 bits per heavy atom. The Morgan fingerprint density at radius 1 is 1.33 bits per heavy atom. The van der Waals surface area contributed by atoms with Crippen LogP contribution in [0.4, 0.5) is 0 Å². The van der Waals surface area contributed by atoms with Gasteiger partial charge in [-0.2, -0.15) is 0 Å². The van der Waals surface area contributed by atoms with E-state index in [4.69, 9.17) is 9.52 Å². The number of aliphatic imine (C=N–C) groups is 1. The fourth-order valence-electron chi connectivity index (χ4n) is 2.18. The molecule has 0 aliphatic carbocycles. The van der Waals surface area contributed by atoms with Gasteiger partial charge in [0.1, 0.15) is 5.76 Å². The lowest BCUT2D eigenvalue weighted by atomic mass is 10.1. The third kappa shape index (κ3) is 2.71. The highest BCUT2D eigenvalue weighted by molar-refractivity contribution is 8.14. The van der Waals surface area contributed by atoms with Crippen LogP contribution in [0, 0.1) is 19.8 Å². The minimum atomic E-state index is 0.188. The molecule has 0 fully saturated rings. The number of thioether (sulfide) groups is 1. The van der Waals surface area contributed by atoms with Gasteiger partial charge in [-0.05, 0) is 26.7 Å². The van der Waals surface area contributed by atoms with Crippen LogP contribution in [0.2, 0.25) is 0 Å². The normalized spacial score (nSPS) is 21.2. The van der Waals surface area contributed by atoms with Gasteiger partial charge in [-0.25, -0.2) is 0 Å². The van der Waals surface area contributed by atoms with E-state index < -0.39 is 0 Å². The van der Waals surface area contributed by atoms with E-state index in [0.717, 1.165) is 27.9 Å². The highest BCUT2D eigenvalue weighted by atomic mass is 32.2. The minimum Gasteiger partial charge on any atom is -0.361 e. The number of hydrogen-bond acceptors (Lipinski definition) is 5. The minimum absolute atomic E-state index is 0.188. The summed E-state index contributed by atoms with van der Waals surface area (Å²) < 4.78 is 5.20. The number of nitrogens with one attached hydrogen (secondary N) is 1. The maximum Gasteiger partial charge on any atom is 0.157 e. The zero-order chi connectivity index (χ0) is 13.3. The molecule has 0 saturated heterocycles. The van der Waals surface area contributed by atoms with E-state index in [1.807, 2.05) is 13.8 Å². The Bertz CT molecular complexity index is 434. The molecule has 0 radical (unpaired) electrons. The van der Waals surface area contributed by atoms with Crippen LogP contribution >= 0.6 is 11.8 Å². The molecule has 0 bridgehead atoms. The third-order valence-corrected chi connectivity index (χ3v) is 4.31. The van der Waals surface area contributed by atoms with Gasteiger partial charge < -0.3 is 9.84 Å². The van der Waals surface area contributed by atoms with Gasteiger partial charge in [0.15, 0.2) is 5.17 Å². The number of amidine groups is 1. The molecule has 2 rings (SSSR count). The summed E-state index contributed by atoms with van der Waals surface area (Å²) in [5, 5.41) is 8.50. The lowest BCUT2D eigenvalue weighted by Gasteiger charge is -2.14. The molecule has 2 heterocycles. The van der Waals surface area contributed by atoms with Crippen LogP contribution < -0.4 is 5.32 Å². The lowest BCUT2D eigenvalue weighted by molar-refractivity contribution is 0.391. The topological polar surface area (TPSA) is 50.4 Å². The van der Waals surface area contributed by atoms with Crippen molar-refractivity contribution in [1.82, 2.24) is 10.5 Å². The SMILES string of the molecule is Cc1noc(C)c1C(C)NC1=NC(C(C)C)CS1. The van der Waals surface area contributed by atoms with Crippen LogP contribution in [0.3, 0.4) is 0 Å². The Labute approximate surface area is 113 Å². The van der Waals surface area contributed by atoms with Gasteiger partial charge >= 0.3 is 0 Å². The first-order valence-electron chi connectivity index (χ1n) is 6.39. The van der Waals surface area contributed by atoms with Crippen molar-refractivity contribution in [3.63, 3.8) is 0 Å². The van der Waals surface area contributed by atoms with Crippen LogP contribution in [0.25, 0.3) is 0 Å². The largest absolute Gasteiger partial charge is 0.361 e. The second kappa shape index (κ2) is 5.34. The lowest BCUT2D eigenvalue weighted by Crippen LogP contribution is -2.24. The van der Waals surface area contributed by atoms with E-state index in [-0.39, 0.29) is 6.04 Å². The van der Waals surface area contributed by atoms with Gasteiger partial charge in [0.05, 0.1) is 17.8 Å². The second-order valence-corrected chi connectivity index (χ2v) is 6.17. The van der Waals surface area contributed by atoms with Crippen molar-refractivity contribution in [2.75, 3.05) is 5.75 Å². The van der Waals surface area contributed by atoms with Crippen molar-refractivity contribution in [3.8, 4) is 0 Å². The summed E-state index contributed by atoms with van der Waals surface area (Å²) in [7, 11) is 0. The summed E-state index contributed by atoms with van der Waals surface area (Å²) in [5.41, 5.74) is 2.10. The molecule has 100 valence electrons. The smallest absolute Gasteiger partial charge is 0.157 e. The molecular weight excluding hydrogens is 246 g/mol. The second-order valence-electron chi connectivity index (χ2n) is 5.16. The fourth-order valence-corrected chi connectivity index (χ4v) is 3.43. The highest BCUT2D eigenvalue weighted by Crippen LogP contribution is 2.26. The maximum absolute atomic E-state index is 5.20. The summed E-state index contributed by atoms with van der Waals surface area (Å²) in [6, 6.07) is 0.628. The summed E-state index contributed by atoms with van der Waals surface area (Å²) >= 11 is 1.80. The first-order chi connectivity index (χ1) is 8.49. The number of rotatable bonds is 3. The average Bonchev–Trinajstić information content (AvgIpc) is 2.86. The predicted molar refractivity (Wildman–Crippen MR) is 76.0 cm³/mol. The first-order valence-corrected chi connectivity index (χ1v) is 7.37.